The van der Waals surface area contributed by atoms with Crippen molar-refractivity contribution in [2.75, 3.05) is 26.3 Å². The van der Waals surface area contributed by atoms with Crippen LogP contribution in [-0.2, 0) is 23.9 Å². The first-order chi connectivity index (χ1) is 14.8. The van der Waals surface area contributed by atoms with Gasteiger partial charge in [0.25, 0.3) is 0 Å². The highest BCUT2D eigenvalue weighted by Gasteiger charge is 2.74. The molecule has 8 heteroatoms. The lowest BCUT2D eigenvalue weighted by molar-refractivity contribution is -0.158. The third-order valence-corrected chi connectivity index (χ3v) is 7.14. The Morgan fingerprint density at radius 2 is 1.97 bits per heavy atom. The van der Waals surface area contributed by atoms with Gasteiger partial charge in [0, 0.05) is 25.7 Å². The van der Waals surface area contributed by atoms with Gasteiger partial charge in [-0.25, -0.2) is 0 Å². The van der Waals surface area contributed by atoms with E-state index in [1.54, 1.807) is 24.0 Å². The molecule has 4 aliphatic heterocycles. The van der Waals surface area contributed by atoms with Crippen LogP contribution in [0.4, 0.5) is 0 Å². The van der Waals surface area contributed by atoms with Crippen LogP contribution in [0.5, 0.6) is 0 Å². The molecule has 2 fully saturated rings. The van der Waals surface area contributed by atoms with E-state index in [1.165, 1.54) is 4.90 Å². The zero-order valence-corrected chi connectivity index (χ0v) is 18.5. The van der Waals surface area contributed by atoms with Crippen molar-refractivity contribution in [3.63, 3.8) is 0 Å². The molecule has 0 aromatic rings. The molecule has 0 aromatic heterocycles. The number of esters is 1. The fourth-order valence-corrected chi connectivity index (χ4v) is 5.82. The molecule has 4 rings (SSSR count). The molecule has 4 aliphatic rings. The molecule has 0 saturated carbocycles. The van der Waals surface area contributed by atoms with E-state index >= 15 is 0 Å². The summed E-state index contributed by atoms with van der Waals surface area (Å²) in [7, 11) is 0. The number of likely N-dealkylation sites (tertiary alicyclic amines) is 1. The molecule has 2 amide bonds. The first kappa shape index (κ1) is 22.0. The number of nitrogens with zero attached hydrogens (tertiary/aromatic N) is 2. The van der Waals surface area contributed by atoms with Crippen LogP contribution in [0.1, 0.15) is 40.0 Å². The van der Waals surface area contributed by atoms with Crippen molar-refractivity contribution < 1.29 is 29.0 Å². The Morgan fingerprint density at radius 1 is 1.19 bits per heavy atom. The molecule has 2 saturated heterocycles. The summed E-state index contributed by atoms with van der Waals surface area (Å²) in [6.45, 7) is 6.57. The number of amides is 2. The van der Waals surface area contributed by atoms with Crippen LogP contribution in [-0.4, -0.2) is 82.3 Å². The molecule has 1 spiro atoms. The number of fused-ring (bicyclic) bond motifs is 2. The lowest BCUT2D eigenvalue weighted by atomic mass is 9.74. The topological polar surface area (TPSA) is 96.4 Å². The highest BCUT2D eigenvalue weighted by Crippen LogP contribution is 2.57. The van der Waals surface area contributed by atoms with E-state index in [2.05, 4.69) is 6.92 Å². The molecule has 31 heavy (non-hydrogen) atoms. The minimum Gasteiger partial charge on any atom is -0.461 e. The normalized spacial score (nSPS) is 37.8. The van der Waals surface area contributed by atoms with Crippen LogP contribution in [0.2, 0.25) is 0 Å². The first-order valence-electron chi connectivity index (χ1n) is 11.2. The van der Waals surface area contributed by atoms with Crippen LogP contribution >= 0.6 is 0 Å². The van der Waals surface area contributed by atoms with Gasteiger partial charge in [0.2, 0.25) is 11.8 Å². The molecular formula is C23H32N2O6. The molecule has 170 valence electrons. The maximum absolute atomic E-state index is 13.9. The summed E-state index contributed by atoms with van der Waals surface area (Å²) in [5, 5.41) is 9.39. The quantitative estimate of drug-likeness (QED) is 0.498. The standard InChI is InChI=1S/C23H32N2O6/c1-4-8-15(2)24-11-5-10-23-16(17-21(29)30-14-6-9-22(17,3)31-23)19(27)25(12-7-13-26)18(23)20(24)28/h5-6,9-10,15-18,26H,4,7-8,11-14H2,1-3H3/t15?,16-,17+,18?,22-,23-/m0/s1. The van der Waals surface area contributed by atoms with Crippen molar-refractivity contribution >= 4 is 17.8 Å². The van der Waals surface area contributed by atoms with Gasteiger partial charge in [-0.15, -0.1) is 0 Å². The second-order valence-corrected chi connectivity index (χ2v) is 9.17. The molecule has 0 aromatic carbocycles. The predicted octanol–water partition coefficient (Wildman–Crippen LogP) is 1.04. The van der Waals surface area contributed by atoms with E-state index in [-0.39, 0.29) is 37.6 Å². The summed E-state index contributed by atoms with van der Waals surface area (Å²) in [5.74, 6) is -2.62. The van der Waals surface area contributed by atoms with E-state index in [4.69, 9.17) is 9.47 Å². The lowest BCUT2D eigenvalue weighted by Crippen LogP contribution is -2.57. The Morgan fingerprint density at radius 3 is 2.68 bits per heavy atom. The van der Waals surface area contributed by atoms with Crippen molar-refractivity contribution in [1.82, 2.24) is 9.80 Å². The smallest absolute Gasteiger partial charge is 0.313 e. The maximum Gasteiger partial charge on any atom is 0.313 e. The van der Waals surface area contributed by atoms with Gasteiger partial charge in [-0.05, 0) is 32.8 Å². The molecule has 4 heterocycles. The Balaban J connectivity index is 1.82. The monoisotopic (exact) mass is 432 g/mol. The molecular weight excluding hydrogens is 400 g/mol. The van der Waals surface area contributed by atoms with Crippen LogP contribution in [0.15, 0.2) is 24.3 Å². The Kier molecular flexibility index (Phi) is 5.72. The van der Waals surface area contributed by atoms with Crippen LogP contribution in [0.25, 0.3) is 0 Å². The number of aliphatic hydroxyl groups is 1. The Bertz CT molecular complexity index is 825. The Labute approximate surface area is 182 Å². The molecule has 0 bridgehead atoms. The van der Waals surface area contributed by atoms with E-state index in [1.807, 2.05) is 19.1 Å². The summed E-state index contributed by atoms with van der Waals surface area (Å²) in [4.78, 5) is 43.8. The van der Waals surface area contributed by atoms with Crippen LogP contribution in [0.3, 0.4) is 0 Å². The lowest BCUT2D eigenvalue weighted by Gasteiger charge is -2.38. The molecule has 1 N–H and O–H groups in total. The van der Waals surface area contributed by atoms with Gasteiger partial charge in [0.05, 0.1) is 11.5 Å². The minimum absolute atomic E-state index is 0.0125. The summed E-state index contributed by atoms with van der Waals surface area (Å²) in [6, 6.07) is -0.863. The van der Waals surface area contributed by atoms with Crippen molar-refractivity contribution in [3.8, 4) is 0 Å². The molecule has 0 radical (unpaired) electrons. The highest BCUT2D eigenvalue weighted by atomic mass is 16.6. The van der Waals surface area contributed by atoms with E-state index in [0.717, 1.165) is 12.8 Å². The third kappa shape index (κ3) is 3.22. The molecule has 2 unspecified atom stereocenters. The van der Waals surface area contributed by atoms with Crippen molar-refractivity contribution in [2.24, 2.45) is 11.8 Å². The largest absolute Gasteiger partial charge is 0.461 e. The van der Waals surface area contributed by atoms with Crippen molar-refractivity contribution in [2.45, 2.75) is 63.3 Å². The zero-order valence-electron chi connectivity index (χ0n) is 18.5. The maximum atomic E-state index is 13.9. The van der Waals surface area contributed by atoms with Gasteiger partial charge >= 0.3 is 5.97 Å². The number of aliphatic hydroxyl groups excluding tert-OH is 1. The van der Waals surface area contributed by atoms with Gasteiger partial charge in [0.1, 0.15) is 24.2 Å². The number of cyclic esters (lactones) is 1. The van der Waals surface area contributed by atoms with Gasteiger partial charge < -0.3 is 24.4 Å². The fraction of sp³-hybridized carbons (Fsp3) is 0.696. The van der Waals surface area contributed by atoms with E-state index in [0.29, 0.717) is 13.0 Å². The van der Waals surface area contributed by atoms with E-state index in [9.17, 15) is 19.5 Å². The number of hydrogen-bond donors (Lipinski definition) is 1. The average molecular weight is 433 g/mol. The van der Waals surface area contributed by atoms with Gasteiger partial charge in [-0.3, -0.25) is 14.4 Å². The second-order valence-electron chi connectivity index (χ2n) is 9.17. The number of hydrogen-bond acceptors (Lipinski definition) is 6. The SMILES string of the molecule is CCCC(C)N1CC=C[C@]23O[C@@]4(C)C=CCOC(=O)[C@H]4[C@H]2C(=O)N(CCCO)C3C1=O. The van der Waals surface area contributed by atoms with E-state index < -0.39 is 35.0 Å². The minimum atomic E-state index is -1.25. The van der Waals surface area contributed by atoms with Crippen molar-refractivity contribution in [1.29, 1.82) is 0 Å². The van der Waals surface area contributed by atoms with Gasteiger partial charge in [-0.2, -0.15) is 0 Å². The second kappa shape index (κ2) is 8.06. The predicted molar refractivity (Wildman–Crippen MR) is 112 cm³/mol. The first-order valence-corrected chi connectivity index (χ1v) is 11.2. The summed E-state index contributed by atoms with van der Waals surface area (Å²) in [6.07, 6.45) is 9.38. The number of rotatable bonds is 6. The molecule has 6 atom stereocenters. The van der Waals surface area contributed by atoms with Crippen molar-refractivity contribution in [3.05, 3.63) is 24.3 Å². The summed E-state index contributed by atoms with van der Waals surface area (Å²) in [5.41, 5.74) is -2.28. The summed E-state index contributed by atoms with van der Waals surface area (Å²) >= 11 is 0. The van der Waals surface area contributed by atoms with Crippen LogP contribution < -0.4 is 0 Å². The van der Waals surface area contributed by atoms with Gasteiger partial charge in [0.15, 0.2) is 0 Å². The average Bonchev–Trinajstić information content (AvgIpc) is 2.97. The van der Waals surface area contributed by atoms with Crippen LogP contribution in [0, 0.1) is 11.8 Å². The summed E-state index contributed by atoms with van der Waals surface area (Å²) < 4.78 is 11.9. The fourth-order valence-electron chi connectivity index (χ4n) is 5.82. The van der Waals surface area contributed by atoms with Gasteiger partial charge in [-0.1, -0.05) is 31.6 Å². The zero-order chi connectivity index (χ0) is 22.4. The molecule has 0 aliphatic carbocycles. The molecule has 8 nitrogen and oxygen atoms in total. The number of carbonyl (C=O) groups is 3. The third-order valence-electron chi connectivity index (χ3n) is 7.14. The Hall–Kier alpha value is -2.19. The number of ether oxygens (including phenoxy) is 2. The number of carbonyl (C=O) groups excluding carboxylic acids is 3. The highest BCUT2D eigenvalue weighted by molar-refractivity contribution is 5.99.